The van der Waals surface area contributed by atoms with Crippen molar-refractivity contribution in [3.63, 3.8) is 0 Å². The van der Waals surface area contributed by atoms with Gasteiger partial charge in [-0.25, -0.2) is 4.98 Å². The number of nitrogen functional groups attached to an aromatic ring is 1. The Hall–Kier alpha value is -2.75. The van der Waals surface area contributed by atoms with Crippen LogP contribution in [0.25, 0.3) is 22.4 Å². The maximum absolute atomic E-state index is 9.87. The highest BCUT2D eigenvalue weighted by molar-refractivity contribution is 6.40. The molecule has 0 saturated carbocycles. The number of nitrogens with two attached hydrogens (primary N) is 1. The summed E-state index contributed by atoms with van der Waals surface area (Å²) >= 11 is 12.4. The van der Waals surface area contributed by atoms with Gasteiger partial charge in [-0.15, -0.1) is 0 Å². The lowest BCUT2D eigenvalue weighted by Crippen LogP contribution is -2.00. The smallest absolute Gasteiger partial charge is 0.142 e. The number of phenols is 1. The van der Waals surface area contributed by atoms with E-state index < -0.39 is 0 Å². The quantitative estimate of drug-likeness (QED) is 0.727. The number of hydrogen-bond acceptors (Lipinski definition) is 5. The first-order chi connectivity index (χ1) is 11.4. The van der Waals surface area contributed by atoms with E-state index in [1.807, 2.05) is 6.07 Å². The predicted molar refractivity (Wildman–Crippen MR) is 92.7 cm³/mol. The van der Waals surface area contributed by atoms with E-state index in [2.05, 4.69) is 10.1 Å². The Morgan fingerprint density at radius 3 is 2.71 bits per heavy atom. The summed E-state index contributed by atoms with van der Waals surface area (Å²) in [6, 6.07) is 6.55. The van der Waals surface area contributed by atoms with Gasteiger partial charge in [0.15, 0.2) is 0 Å². The fraction of sp³-hybridized carbons (Fsp3) is 0.0625. The first kappa shape index (κ1) is 16.1. The van der Waals surface area contributed by atoms with E-state index in [9.17, 15) is 10.4 Å². The number of aryl methyl sites for hydroxylation is 1. The Labute approximate surface area is 147 Å². The van der Waals surface area contributed by atoms with Gasteiger partial charge in [0, 0.05) is 29.9 Å². The molecule has 0 bridgehead atoms. The van der Waals surface area contributed by atoms with Gasteiger partial charge in [-0.05, 0) is 18.2 Å². The third-order valence-corrected chi connectivity index (χ3v) is 4.20. The lowest BCUT2D eigenvalue weighted by molar-refractivity contribution is 0.476. The van der Waals surface area contributed by atoms with Crippen molar-refractivity contribution in [1.29, 1.82) is 5.26 Å². The molecule has 0 atom stereocenters. The molecule has 120 valence electrons. The van der Waals surface area contributed by atoms with Gasteiger partial charge in [0.25, 0.3) is 0 Å². The first-order valence-corrected chi connectivity index (χ1v) is 7.55. The molecule has 0 aliphatic rings. The SMILES string of the molecule is Cn1cc(-c2cc(-c3c(Cl)ccc(O)c3Cl)c(C#N)c(N)n2)cn1. The predicted octanol–water partition coefficient (Wildman–Crippen LogP) is 3.62. The Morgan fingerprint density at radius 2 is 2.08 bits per heavy atom. The summed E-state index contributed by atoms with van der Waals surface area (Å²) in [5.74, 6) is -0.0948. The largest absolute Gasteiger partial charge is 0.506 e. The zero-order valence-electron chi connectivity index (χ0n) is 12.5. The van der Waals surface area contributed by atoms with Crippen LogP contribution in [0.4, 0.5) is 5.82 Å². The number of pyridine rings is 1. The molecule has 0 radical (unpaired) electrons. The number of nitrogens with zero attached hydrogens (tertiary/aromatic N) is 4. The third-order valence-electron chi connectivity index (χ3n) is 3.50. The summed E-state index contributed by atoms with van der Waals surface area (Å²) < 4.78 is 1.62. The van der Waals surface area contributed by atoms with E-state index in [0.29, 0.717) is 16.8 Å². The van der Waals surface area contributed by atoms with E-state index in [1.165, 1.54) is 12.1 Å². The maximum Gasteiger partial charge on any atom is 0.142 e. The number of nitriles is 1. The number of halogens is 2. The fourth-order valence-corrected chi connectivity index (χ4v) is 2.94. The van der Waals surface area contributed by atoms with Crippen molar-refractivity contribution in [2.45, 2.75) is 0 Å². The van der Waals surface area contributed by atoms with Crippen LogP contribution in [0.5, 0.6) is 5.75 Å². The molecule has 0 spiro atoms. The zero-order chi connectivity index (χ0) is 17.4. The molecule has 0 fully saturated rings. The van der Waals surface area contributed by atoms with Crippen molar-refractivity contribution >= 4 is 29.0 Å². The molecule has 2 heterocycles. The van der Waals surface area contributed by atoms with Crippen LogP contribution in [-0.2, 0) is 7.05 Å². The minimum Gasteiger partial charge on any atom is -0.506 e. The molecule has 0 amide bonds. The number of aromatic nitrogens is 3. The summed E-state index contributed by atoms with van der Waals surface area (Å²) in [6.07, 6.45) is 3.40. The second kappa shape index (κ2) is 6.04. The van der Waals surface area contributed by atoms with Crippen molar-refractivity contribution in [1.82, 2.24) is 14.8 Å². The van der Waals surface area contributed by atoms with Crippen molar-refractivity contribution < 1.29 is 5.11 Å². The zero-order valence-corrected chi connectivity index (χ0v) is 14.0. The number of anilines is 1. The lowest BCUT2D eigenvalue weighted by atomic mass is 9.98. The Bertz CT molecular complexity index is 991. The van der Waals surface area contributed by atoms with Gasteiger partial charge in [0.1, 0.15) is 23.2 Å². The molecule has 24 heavy (non-hydrogen) atoms. The molecule has 2 aromatic heterocycles. The molecule has 8 heteroatoms. The summed E-state index contributed by atoms with van der Waals surface area (Å²) in [5.41, 5.74) is 8.05. The van der Waals surface area contributed by atoms with Crippen molar-refractivity contribution in [2.24, 2.45) is 7.05 Å². The molecule has 6 nitrogen and oxygen atoms in total. The average molecular weight is 360 g/mol. The number of rotatable bonds is 2. The lowest BCUT2D eigenvalue weighted by Gasteiger charge is -2.13. The molecule has 3 N–H and O–H groups in total. The van der Waals surface area contributed by atoms with E-state index in [4.69, 9.17) is 28.9 Å². The highest BCUT2D eigenvalue weighted by atomic mass is 35.5. The second-order valence-electron chi connectivity index (χ2n) is 5.09. The molecule has 0 aliphatic carbocycles. The monoisotopic (exact) mass is 359 g/mol. The number of benzene rings is 1. The van der Waals surface area contributed by atoms with E-state index in [-0.39, 0.29) is 27.2 Å². The summed E-state index contributed by atoms with van der Waals surface area (Å²) in [4.78, 5) is 4.25. The van der Waals surface area contributed by atoms with Gasteiger partial charge in [0.05, 0.1) is 21.9 Å². The van der Waals surface area contributed by atoms with Crippen LogP contribution in [0.15, 0.2) is 30.6 Å². The molecule has 3 rings (SSSR count). The van der Waals surface area contributed by atoms with Crippen LogP contribution in [-0.4, -0.2) is 19.9 Å². The van der Waals surface area contributed by atoms with E-state index in [1.54, 1.807) is 30.2 Å². The molecule has 0 unspecified atom stereocenters. The summed E-state index contributed by atoms with van der Waals surface area (Å²) in [5, 5.41) is 23.7. The Morgan fingerprint density at radius 1 is 1.33 bits per heavy atom. The summed E-state index contributed by atoms with van der Waals surface area (Å²) in [7, 11) is 1.78. The van der Waals surface area contributed by atoms with Gasteiger partial charge < -0.3 is 10.8 Å². The number of aromatic hydroxyl groups is 1. The second-order valence-corrected chi connectivity index (χ2v) is 5.87. The van der Waals surface area contributed by atoms with Crippen LogP contribution < -0.4 is 5.73 Å². The minimum atomic E-state index is -0.140. The number of hydrogen-bond donors (Lipinski definition) is 2. The van der Waals surface area contributed by atoms with Gasteiger partial charge >= 0.3 is 0 Å². The maximum atomic E-state index is 9.87. The van der Waals surface area contributed by atoms with Crippen molar-refractivity contribution in [3.05, 3.63) is 46.2 Å². The molecule has 1 aromatic carbocycles. The molecular formula is C16H11Cl2N5O. The van der Waals surface area contributed by atoms with Gasteiger partial charge in [0.2, 0.25) is 0 Å². The van der Waals surface area contributed by atoms with Crippen molar-refractivity contribution in [2.75, 3.05) is 5.73 Å². The van der Waals surface area contributed by atoms with Crippen LogP contribution in [0.2, 0.25) is 10.0 Å². The molecule has 0 aliphatic heterocycles. The Balaban J connectivity index is 2.34. The van der Waals surface area contributed by atoms with Gasteiger partial charge in [-0.1, -0.05) is 23.2 Å². The van der Waals surface area contributed by atoms with Crippen LogP contribution in [0.1, 0.15) is 5.56 Å². The molecular weight excluding hydrogens is 349 g/mol. The van der Waals surface area contributed by atoms with E-state index >= 15 is 0 Å². The molecule has 0 saturated heterocycles. The Kier molecular flexibility index (Phi) is 4.06. The highest BCUT2D eigenvalue weighted by Gasteiger charge is 2.20. The minimum absolute atomic E-state index is 0.0433. The third kappa shape index (κ3) is 2.64. The van der Waals surface area contributed by atoms with Gasteiger partial charge in [-0.3, -0.25) is 4.68 Å². The first-order valence-electron chi connectivity index (χ1n) is 6.79. The van der Waals surface area contributed by atoms with Crippen molar-refractivity contribution in [3.8, 4) is 34.2 Å². The van der Waals surface area contributed by atoms with Crippen LogP contribution in [0, 0.1) is 11.3 Å². The normalized spacial score (nSPS) is 10.6. The molecule has 3 aromatic rings. The standard InChI is InChI=1S/C16H11Cl2N5O/c1-23-7-8(6-21-23)12-4-9(10(5-19)16(20)22-12)14-11(17)2-3-13(24)15(14)18/h2-4,6-7,24H,1H3,(H2,20,22). The summed E-state index contributed by atoms with van der Waals surface area (Å²) in [6.45, 7) is 0. The van der Waals surface area contributed by atoms with Crippen LogP contribution >= 0.6 is 23.2 Å². The fourth-order valence-electron chi connectivity index (χ4n) is 2.37. The van der Waals surface area contributed by atoms with Gasteiger partial charge in [-0.2, -0.15) is 10.4 Å². The average Bonchev–Trinajstić information content (AvgIpc) is 2.97. The highest BCUT2D eigenvalue weighted by Crippen LogP contribution is 2.43. The topological polar surface area (TPSA) is 101 Å². The number of phenolic OH excluding ortho intramolecular Hbond substituents is 1. The van der Waals surface area contributed by atoms with E-state index in [0.717, 1.165) is 5.56 Å². The van der Waals surface area contributed by atoms with Crippen LogP contribution in [0.3, 0.4) is 0 Å².